The highest BCUT2D eigenvalue weighted by Gasteiger charge is 2.32. The molecule has 1 aliphatic rings. The van der Waals surface area contributed by atoms with Gasteiger partial charge in [0.05, 0.1) is 22.2 Å². The van der Waals surface area contributed by atoms with Crippen molar-refractivity contribution in [3.63, 3.8) is 0 Å². The Morgan fingerprint density at radius 2 is 1.88 bits per heavy atom. The van der Waals surface area contributed by atoms with E-state index in [9.17, 15) is 13.2 Å². The quantitative estimate of drug-likeness (QED) is 0.492. The standard InChI is InChI=1S/C22H24BrN3O4S2/c1-3-26-19-9-4-16(23)14-20(19)31-22(26)24-21(27)15-10-12-25(13-11-15)32(28,29)18-7-5-17(30-2)6-8-18/h4-9,14-15H,3,10-13H2,1-2H3. The number of halogens is 1. The number of rotatable bonds is 5. The number of nitrogens with zero attached hydrogens (tertiary/aromatic N) is 3. The normalized spacial score (nSPS) is 16.5. The predicted molar refractivity (Wildman–Crippen MR) is 128 cm³/mol. The van der Waals surface area contributed by atoms with Crippen LogP contribution < -0.4 is 9.54 Å². The molecule has 10 heteroatoms. The summed E-state index contributed by atoms with van der Waals surface area (Å²) in [6, 6.07) is 12.4. The molecular formula is C22H24BrN3O4S2. The Morgan fingerprint density at radius 3 is 2.50 bits per heavy atom. The molecule has 0 unspecified atom stereocenters. The van der Waals surface area contributed by atoms with Gasteiger partial charge in [-0.3, -0.25) is 4.79 Å². The van der Waals surface area contributed by atoms with Crippen LogP contribution in [0.3, 0.4) is 0 Å². The van der Waals surface area contributed by atoms with Gasteiger partial charge in [0.15, 0.2) is 4.80 Å². The maximum Gasteiger partial charge on any atom is 0.251 e. The SMILES string of the molecule is CCn1c(=NC(=O)C2CCN(S(=O)(=O)c3ccc(OC)cc3)CC2)sc2cc(Br)ccc21. The number of sulfonamides is 1. The van der Waals surface area contributed by atoms with Gasteiger partial charge in [-0.1, -0.05) is 27.3 Å². The van der Waals surface area contributed by atoms with Gasteiger partial charge in [-0.2, -0.15) is 9.30 Å². The minimum atomic E-state index is -3.60. The topological polar surface area (TPSA) is 81.0 Å². The molecule has 1 aliphatic heterocycles. The summed E-state index contributed by atoms with van der Waals surface area (Å²) < 4.78 is 36.5. The second-order valence-corrected chi connectivity index (χ2v) is 11.4. The number of methoxy groups -OCH3 is 1. The van der Waals surface area contributed by atoms with Crippen LogP contribution in [0.2, 0.25) is 0 Å². The zero-order chi connectivity index (χ0) is 22.9. The monoisotopic (exact) mass is 537 g/mol. The van der Waals surface area contributed by atoms with Crippen LogP contribution in [0, 0.1) is 5.92 Å². The minimum absolute atomic E-state index is 0.181. The lowest BCUT2D eigenvalue weighted by molar-refractivity contribution is -0.122. The molecule has 2 heterocycles. The van der Waals surface area contributed by atoms with Crippen LogP contribution in [0.5, 0.6) is 5.75 Å². The van der Waals surface area contributed by atoms with Gasteiger partial charge in [0.2, 0.25) is 10.0 Å². The summed E-state index contributed by atoms with van der Waals surface area (Å²) in [4.78, 5) is 18.3. The smallest absolute Gasteiger partial charge is 0.251 e. The lowest BCUT2D eigenvalue weighted by Gasteiger charge is -2.29. The molecule has 0 saturated carbocycles. The Labute approximate surface area is 199 Å². The van der Waals surface area contributed by atoms with Crippen molar-refractivity contribution in [1.29, 1.82) is 0 Å². The summed E-state index contributed by atoms with van der Waals surface area (Å²) in [7, 11) is -2.06. The Morgan fingerprint density at radius 1 is 1.19 bits per heavy atom. The molecule has 0 aliphatic carbocycles. The molecule has 1 saturated heterocycles. The second-order valence-electron chi connectivity index (χ2n) is 7.54. The molecule has 7 nitrogen and oxygen atoms in total. The van der Waals surface area contributed by atoms with Gasteiger partial charge in [-0.25, -0.2) is 8.42 Å². The Balaban J connectivity index is 1.49. The van der Waals surface area contributed by atoms with Gasteiger partial charge >= 0.3 is 0 Å². The molecule has 32 heavy (non-hydrogen) atoms. The van der Waals surface area contributed by atoms with Crippen LogP contribution in [0.15, 0.2) is 56.8 Å². The summed E-state index contributed by atoms with van der Waals surface area (Å²) in [5.74, 6) is 0.145. The first-order valence-corrected chi connectivity index (χ1v) is 13.4. The average Bonchev–Trinajstić information content (AvgIpc) is 3.14. The third-order valence-corrected chi connectivity index (χ3v) is 9.11. The molecule has 3 aromatic rings. The maximum absolute atomic E-state index is 12.9. The van der Waals surface area contributed by atoms with Gasteiger partial charge in [-0.15, -0.1) is 0 Å². The largest absolute Gasteiger partial charge is 0.497 e. The van der Waals surface area contributed by atoms with Crippen LogP contribution >= 0.6 is 27.3 Å². The zero-order valence-corrected chi connectivity index (χ0v) is 21.0. The van der Waals surface area contributed by atoms with E-state index in [2.05, 4.69) is 20.9 Å². The van der Waals surface area contributed by atoms with E-state index in [1.54, 1.807) is 24.3 Å². The van der Waals surface area contributed by atoms with E-state index in [1.165, 1.54) is 22.8 Å². The maximum atomic E-state index is 12.9. The molecule has 2 aromatic carbocycles. The van der Waals surface area contributed by atoms with Gasteiger partial charge in [0, 0.05) is 30.0 Å². The Hall–Kier alpha value is -2.01. The number of fused-ring (bicyclic) bond motifs is 1. The van der Waals surface area contributed by atoms with Crippen molar-refractivity contribution in [2.75, 3.05) is 20.2 Å². The van der Waals surface area contributed by atoms with Crippen molar-refractivity contribution in [2.24, 2.45) is 10.9 Å². The van der Waals surface area contributed by atoms with Crippen molar-refractivity contribution in [3.05, 3.63) is 51.7 Å². The highest BCUT2D eigenvalue weighted by molar-refractivity contribution is 9.10. The first kappa shape index (κ1) is 23.2. The van der Waals surface area contributed by atoms with Gasteiger partial charge in [0.25, 0.3) is 5.91 Å². The number of ether oxygens (including phenoxy) is 1. The molecule has 170 valence electrons. The van der Waals surface area contributed by atoms with Crippen molar-refractivity contribution < 1.29 is 17.9 Å². The average molecular weight is 538 g/mol. The summed E-state index contributed by atoms with van der Waals surface area (Å²) in [5, 5.41) is 0. The first-order chi connectivity index (χ1) is 15.3. The van der Waals surface area contributed by atoms with Crippen molar-refractivity contribution in [2.45, 2.75) is 31.2 Å². The molecule has 1 fully saturated rings. The highest BCUT2D eigenvalue weighted by atomic mass is 79.9. The molecule has 4 rings (SSSR count). The lowest BCUT2D eigenvalue weighted by atomic mass is 9.98. The highest BCUT2D eigenvalue weighted by Crippen LogP contribution is 2.26. The van der Waals surface area contributed by atoms with Crippen molar-refractivity contribution >= 4 is 53.4 Å². The van der Waals surface area contributed by atoms with Crippen LogP contribution in [0.4, 0.5) is 0 Å². The molecule has 0 atom stereocenters. The number of piperidine rings is 1. The number of hydrogen-bond acceptors (Lipinski definition) is 5. The van der Waals surface area contributed by atoms with Crippen LogP contribution in [-0.2, 0) is 21.4 Å². The molecule has 0 N–H and O–H groups in total. The fourth-order valence-corrected chi connectivity index (χ4v) is 6.98. The minimum Gasteiger partial charge on any atom is -0.497 e. The molecule has 0 radical (unpaired) electrons. The number of benzene rings is 2. The number of aromatic nitrogens is 1. The summed E-state index contributed by atoms with van der Waals surface area (Å²) in [6.45, 7) is 3.34. The van der Waals surface area contributed by atoms with E-state index >= 15 is 0 Å². The van der Waals surface area contributed by atoms with Gasteiger partial charge < -0.3 is 9.30 Å². The molecule has 1 amide bonds. The van der Waals surface area contributed by atoms with E-state index in [0.29, 0.717) is 43.0 Å². The molecule has 1 aromatic heterocycles. The van der Waals surface area contributed by atoms with Gasteiger partial charge in [-0.05, 0) is 62.2 Å². The Bertz CT molecular complexity index is 1310. The van der Waals surface area contributed by atoms with Crippen LogP contribution in [0.25, 0.3) is 10.2 Å². The number of carbonyl (C=O) groups excluding carboxylic acids is 1. The van der Waals surface area contributed by atoms with Crippen molar-refractivity contribution in [3.8, 4) is 5.75 Å². The summed E-state index contributed by atoms with van der Waals surface area (Å²) >= 11 is 4.98. The second kappa shape index (κ2) is 9.46. The van der Waals surface area contributed by atoms with Crippen molar-refractivity contribution in [1.82, 2.24) is 8.87 Å². The number of thiazole rings is 1. The lowest BCUT2D eigenvalue weighted by Crippen LogP contribution is -2.40. The first-order valence-electron chi connectivity index (χ1n) is 10.3. The summed E-state index contributed by atoms with van der Waals surface area (Å²) in [5.41, 5.74) is 1.05. The van der Waals surface area contributed by atoms with E-state index in [4.69, 9.17) is 4.74 Å². The molecule has 0 spiro atoms. The van der Waals surface area contributed by atoms with E-state index in [-0.39, 0.29) is 16.7 Å². The summed E-state index contributed by atoms with van der Waals surface area (Å²) in [6.07, 6.45) is 0.917. The van der Waals surface area contributed by atoms with E-state index in [1.807, 2.05) is 29.7 Å². The van der Waals surface area contributed by atoms with Crippen LogP contribution in [-0.4, -0.2) is 43.4 Å². The predicted octanol–water partition coefficient (Wildman–Crippen LogP) is 4.02. The van der Waals surface area contributed by atoms with E-state index in [0.717, 1.165) is 14.7 Å². The molecular weight excluding hydrogens is 514 g/mol. The fourth-order valence-electron chi connectivity index (χ4n) is 3.86. The number of amides is 1. The third kappa shape index (κ3) is 4.54. The van der Waals surface area contributed by atoms with E-state index < -0.39 is 10.0 Å². The Kier molecular flexibility index (Phi) is 6.85. The third-order valence-electron chi connectivity index (χ3n) is 5.67. The zero-order valence-electron chi connectivity index (χ0n) is 17.8. The number of aryl methyl sites for hydroxylation is 1. The van der Waals surface area contributed by atoms with Crippen LogP contribution in [0.1, 0.15) is 19.8 Å². The number of carbonyl (C=O) groups is 1. The molecule has 0 bridgehead atoms. The fraction of sp³-hybridized carbons (Fsp3) is 0.364. The number of hydrogen-bond donors (Lipinski definition) is 0. The van der Waals surface area contributed by atoms with Gasteiger partial charge in [0.1, 0.15) is 5.75 Å².